The fourth-order valence-electron chi connectivity index (χ4n) is 1.88. The minimum Gasteiger partial charge on any atom is -0.496 e. The van der Waals surface area contributed by atoms with E-state index in [1.54, 1.807) is 44.4 Å². The van der Waals surface area contributed by atoms with Crippen molar-refractivity contribution in [3.63, 3.8) is 0 Å². The number of halogens is 1. The quantitative estimate of drug-likeness (QED) is 0.809. The molecule has 0 saturated carbocycles. The minimum atomic E-state index is -3.69. The molecule has 0 saturated heterocycles. The van der Waals surface area contributed by atoms with Crippen molar-refractivity contribution in [2.75, 3.05) is 17.6 Å². The SMILES string of the molecule is COc1ccc(NS(=O)(=O)c2cc(C)cc(N)c2)cc1Br. The van der Waals surface area contributed by atoms with Gasteiger partial charge in [-0.2, -0.15) is 0 Å². The average Bonchev–Trinajstić information content (AvgIpc) is 2.37. The van der Waals surface area contributed by atoms with Gasteiger partial charge in [0.1, 0.15) is 5.75 Å². The van der Waals surface area contributed by atoms with Crippen molar-refractivity contribution in [2.45, 2.75) is 11.8 Å². The molecule has 0 fully saturated rings. The van der Waals surface area contributed by atoms with Crippen LogP contribution in [0.25, 0.3) is 0 Å². The van der Waals surface area contributed by atoms with Crippen LogP contribution in [0.1, 0.15) is 5.56 Å². The van der Waals surface area contributed by atoms with Gasteiger partial charge in [0.05, 0.1) is 22.2 Å². The summed E-state index contributed by atoms with van der Waals surface area (Å²) < 4.78 is 33.0. The molecule has 2 aromatic carbocycles. The lowest BCUT2D eigenvalue weighted by atomic mass is 10.2. The number of nitrogens with two attached hydrogens (primary N) is 1. The Labute approximate surface area is 132 Å². The third kappa shape index (κ3) is 3.68. The van der Waals surface area contributed by atoms with Crippen molar-refractivity contribution in [3.8, 4) is 5.75 Å². The number of anilines is 2. The first kappa shape index (κ1) is 15.7. The number of hydrogen-bond acceptors (Lipinski definition) is 4. The number of benzene rings is 2. The molecule has 0 unspecified atom stereocenters. The largest absolute Gasteiger partial charge is 0.496 e. The lowest BCUT2D eigenvalue weighted by Crippen LogP contribution is -2.13. The van der Waals surface area contributed by atoms with E-state index in [1.807, 2.05) is 0 Å². The van der Waals surface area contributed by atoms with Crippen molar-refractivity contribution < 1.29 is 13.2 Å². The molecular weight excluding hydrogens is 356 g/mol. The van der Waals surface area contributed by atoms with Crippen LogP contribution in [0.5, 0.6) is 5.75 Å². The Bertz CT molecular complexity index is 756. The molecule has 21 heavy (non-hydrogen) atoms. The van der Waals surface area contributed by atoms with E-state index >= 15 is 0 Å². The molecule has 0 aliphatic heterocycles. The van der Waals surface area contributed by atoms with Crippen LogP contribution in [0, 0.1) is 6.92 Å². The van der Waals surface area contributed by atoms with Gasteiger partial charge in [-0.05, 0) is 64.8 Å². The van der Waals surface area contributed by atoms with Crippen LogP contribution in [0.3, 0.4) is 0 Å². The van der Waals surface area contributed by atoms with Gasteiger partial charge in [-0.3, -0.25) is 4.72 Å². The highest BCUT2D eigenvalue weighted by Crippen LogP contribution is 2.29. The van der Waals surface area contributed by atoms with E-state index in [2.05, 4.69) is 20.7 Å². The first-order chi connectivity index (χ1) is 9.81. The summed E-state index contributed by atoms with van der Waals surface area (Å²) in [4.78, 5) is 0.131. The molecular formula is C14H15BrN2O3S. The Kier molecular flexibility index (Phi) is 4.43. The highest BCUT2D eigenvalue weighted by Gasteiger charge is 2.16. The summed E-state index contributed by atoms with van der Waals surface area (Å²) >= 11 is 3.31. The molecule has 0 aliphatic carbocycles. The van der Waals surface area contributed by atoms with Crippen LogP contribution < -0.4 is 15.2 Å². The molecule has 0 amide bonds. The summed E-state index contributed by atoms with van der Waals surface area (Å²) in [6.45, 7) is 1.79. The molecule has 0 radical (unpaired) electrons. The van der Waals surface area contributed by atoms with Gasteiger partial charge in [0, 0.05) is 5.69 Å². The Hall–Kier alpha value is -1.73. The van der Waals surface area contributed by atoms with Crippen molar-refractivity contribution in [1.29, 1.82) is 0 Å². The van der Waals surface area contributed by atoms with Crippen LogP contribution in [0.2, 0.25) is 0 Å². The summed E-state index contributed by atoms with van der Waals surface area (Å²) in [5.74, 6) is 0.623. The summed E-state index contributed by atoms with van der Waals surface area (Å²) in [6, 6.07) is 9.64. The Balaban J connectivity index is 2.35. The normalized spacial score (nSPS) is 11.2. The monoisotopic (exact) mass is 370 g/mol. The zero-order valence-electron chi connectivity index (χ0n) is 11.6. The number of ether oxygens (including phenoxy) is 1. The average molecular weight is 371 g/mol. The van der Waals surface area contributed by atoms with E-state index in [1.165, 1.54) is 6.07 Å². The van der Waals surface area contributed by atoms with Crippen LogP contribution in [-0.2, 0) is 10.0 Å². The van der Waals surface area contributed by atoms with Gasteiger partial charge in [-0.15, -0.1) is 0 Å². The standard InChI is InChI=1S/C14H15BrN2O3S/c1-9-5-10(16)7-12(6-9)21(18,19)17-11-3-4-14(20-2)13(15)8-11/h3-8,17H,16H2,1-2H3. The first-order valence-corrected chi connectivity index (χ1v) is 8.33. The lowest BCUT2D eigenvalue weighted by Gasteiger charge is -2.11. The van der Waals surface area contributed by atoms with Crippen molar-refractivity contribution in [1.82, 2.24) is 0 Å². The summed E-state index contributed by atoms with van der Waals surface area (Å²) in [5.41, 5.74) is 7.32. The lowest BCUT2D eigenvalue weighted by molar-refractivity contribution is 0.412. The molecule has 3 N–H and O–H groups in total. The number of hydrogen-bond donors (Lipinski definition) is 2. The van der Waals surface area contributed by atoms with E-state index in [9.17, 15) is 8.42 Å². The third-order valence-corrected chi connectivity index (χ3v) is 4.77. The molecule has 0 bridgehead atoms. The Morgan fingerprint density at radius 1 is 1.19 bits per heavy atom. The zero-order valence-corrected chi connectivity index (χ0v) is 14.0. The number of nitrogens with one attached hydrogen (secondary N) is 1. The summed E-state index contributed by atoms with van der Waals surface area (Å²) in [7, 11) is -2.15. The first-order valence-electron chi connectivity index (χ1n) is 6.05. The van der Waals surface area contributed by atoms with Crippen LogP contribution >= 0.6 is 15.9 Å². The topological polar surface area (TPSA) is 81.4 Å². The molecule has 0 atom stereocenters. The van der Waals surface area contributed by atoms with Gasteiger partial charge in [-0.25, -0.2) is 8.42 Å². The van der Waals surface area contributed by atoms with Crippen LogP contribution in [0.4, 0.5) is 11.4 Å². The zero-order chi connectivity index (χ0) is 15.6. The van der Waals surface area contributed by atoms with Gasteiger partial charge in [0.2, 0.25) is 0 Å². The third-order valence-electron chi connectivity index (χ3n) is 2.79. The molecule has 0 spiro atoms. The van der Waals surface area contributed by atoms with Gasteiger partial charge < -0.3 is 10.5 Å². The van der Waals surface area contributed by atoms with Crippen molar-refractivity contribution in [3.05, 3.63) is 46.4 Å². The van der Waals surface area contributed by atoms with Gasteiger partial charge in [0.15, 0.2) is 0 Å². The van der Waals surface area contributed by atoms with Crippen molar-refractivity contribution >= 4 is 37.3 Å². The van der Waals surface area contributed by atoms with Gasteiger partial charge in [-0.1, -0.05) is 0 Å². The second-order valence-electron chi connectivity index (χ2n) is 4.53. The fraction of sp³-hybridized carbons (Fsp3) is 0.143. The maximum Gasteiger partial charge on any atom is 0.261 e. The molecule has 0 aliphatic rings. The summed E-state index contributed by atoms with van der Waals surface area (Å²) in [6.07, 6.45) is 0. The summed E-state index contributed by atoms with van der Waals surface area (Å²) in [5, 5.41) is 0. The highest BCUT2D eigenvalue weighted by molar-refractivity contribution is 9.10. The van der Waals surface area contributed by atoms with Gasteiger partial charge >= 0.3 is 0 Å². The smallest absolute Gasteiger partial charge is 0.261 e. The van der Waals surface area contributed by atoms with E-state index in [0.717, 1.165) is 5.56 Å². The molecule has 7 heteroatoms. The van der Waals surface area contributed by atoms with Crippen LogP contribution in [-0.4, -0.2) is 15.5 Å². The van der Waals surface area contributed by atoms with Crippen molar-refractivity contribution in [2.24, 2.45) is 0 Å². The maximum atomic E-state index is 12.4. The van der Waals surface area contributed by atoms with E-state index < -0.39 is 10.0 Å². The number of aryl methyl sites for hydroxylation is 1. The van der Waals surface area contributed by atoms with Gasteiger partial charge in [0.25, 0.3) is 10.0 Å². The minimum absolute atomic E-state index is 0.131. The Morgan fingerprint density at radius 2 is 1.90 bits per heavy atom. The highest BCUT2D eigenvalue weighted by atomic mass is 79.9. The van der Waals surface area contributed by atoms with Crippen LogP contribution in [0.15, 0.2) is 45.8 Å². The number of nitrogen functional groups attached to an aromatic ring is 1. The second-order valence-corrected chi connectivity index (χ2v) is 7.07. The molecule has 5 nitrogen and oxygen atoms in total. The molecule has 0 aromatic heterocycles. The molecule has 2 aromatic rings. The van der Waals surface area contributed by atoms with E-state index in [4.69, 9.17) is 10.5 Å². The van der Waals surface area contributed by atoms with E-state index in [0.29, 0.717) is 21.6 Å². The number of rotatable bonds is 4. The van der Waals surface area contributed by atoms with E-state index in [-0.39, 0.29) is 4.90 Å². The predicted molar refractivity (Wildman–Crippen MR) is 87.1 cm³/mol. The molecule has 112 valence electrons. The Morgan fingerprint density at radius 3 is 2.48 bits per heavy atom. The number of methoxy groups -OCH3 is 1. The maximum absolute atomic E-state index is 12.4. The molecule has 2 rings (SSSR count). The predicted octanol–water partition coefficient (Wildman–Crippen LogP) is 3.15. The number of sulfonamides is 1. The second kappa shape index (κ2) is 5.95. The fourth-order valence-corrected chi connectivity index (χ4v) is 3.60. The molecule has 0 heterocycles.